The normalized spacial score (nSPS) is 19.3. The SMILES string of the molecule is CSC[C@H]1CN(Cc2cccnc2)C(=O)[C@@H]1CC(=O)Nc1ccc(Br)cc1. The van der Waals surface area contributed by atoms with Gasteiger partial charge < -0.3 is 10.2 Å². The summed E-state index contributed by atoms with van der Waals surface area (Å²) in [6.07, 6.45) is 5.75. The van der Waals surface area contributed by atoms with Crippen LogP contribution in [-0.2, 0) is 16.1 Å². The summed E-state index contributed by atoms with van der Waals surface area (Å²) in [6.45, 7) is 1.23. The highest BCUT2D eigenvalue weighted by atomic mass is 79.9. The van der Waals surface area contributed by atoms with Crippen molar-refractivity contribution in [3.63, 3.8) is 0 Å². The van der Waals surface area contributed by atoms with Gasteiger partial charge in [-0.3, -0.25) is 14.6 Å². The Morgan fingerprint density at radius 3 is 2.78 bits per heavy atom. The van der Waals surface area contributed by atoms with Gasteiger partial charge in [-0.1, -0.05) is 22.0 Å². The third kappa shape index (κ3) is 5.32. The Labute approximate surface area is 172 Å². The second-order valence-corrected chi connectivity index (χ2v) is 8.49. The summed E-state index contributed by atoms with van der Waals surface area (Å²) in [4.78, 5) is 31.4. The van der Waals surface area contributed by atoms with Gasteiger partial charge in [-0.25, -0.2) is 0 Å². The van der Waals surface area contributed by atoms with E-state index in [1.165, 1.54) is 0 Å². The zero-order valence-electron chi connectivity index (χ0n) is 15.1. The fraction of sp³-hybridized carbons (Fsp3) is 0.350. The van der Waals surface area contributed by atoms with Crippen LogP contribution in [0.5, 0.6) is 0 Å². The van der Waals surface area contributed by atoms with Crippen LogP contribution in [0.1, 0.15) is 12.0 Å². The largest absolute Gasteiger partial charge is 0.338 e. The van der Waals surface area contributed by atoms with Gasteiger partial charge in [-0.05, 0) is 53.8 Å². The molecule has 142 valence electrons. The molecule has 1 fully saturated rings. The molecule has 0 bridgehead atoms. The Kier molecular flexibility index (Phi) is 6.90. The first kappa shape index (κ1) is 19.9. The van der Waals surface area contributed by atoms with Crippen molar-refractivity contribution < 1.29 is 9.59 Å². The summed E-state index contributed by atoms with van der Waals surface area (Å²) in [6, 6.07) is 11.3. The molecule has 1 N–H and O–H groups in total. The summed E-state index contributed by atoms with van der Waals surface area (Å²) >= 11 is 5.10. The van der Waals surface area contributed by atoms with Gasteiger partial charge in [0.1, 0.15) is 0 Å². The van der Waals surface area contributed by atoms with Gasteiger partial charge >= 0.3 is 0 Å². The number of nitrogens with zero attached hydrogens (tertiary/aromatic N) is 2. The van der Waals surface area contributed by atoms with E-state index >= 15 is 0 Å². The minimum atomic E-state index is -0.274. The monoisotopic (exact) mass is 447 g/mol. The number of hydrogen-bond donors (Lipinski definition) is 1. The summed E-state index contributed by atoms with van der Waals surface area (Å²) in [5, 5.41) is 2.90. The van der Waals surface area contributed by atoms with Crippen LogP contribution in [0.2, 0.25) is 0 Å². The van der Waals surface area contributed by atoms with Crippen LogP contribution in [0.15, 0.2) is 53.3 Å². The fourth-order valence-corrected chi connectivity index (χ4v) is 4.40. The number of pyridine rings is 1. The van der Waals surface area contributed by atoms with Crippen LogP contribution in [0.3, 0.4) is 0 Å². The summed E-state index contributed by atoms with van der Waals surface area (Å²) in [5.41, 5.74) is 1.75. The molecule has 1 aromatic heterocycles. The maximum Gasteiger partial charge on any atom is 0.226 e. The highest BCUT2D eigenvalue weighted by molar-refractivity contribution is 9.10. The molecule has 0 radical (unpaired) electrons. The Bertz CT molecular complexity index is 786. The van der Waals surface area contributed by atoms with E-state index in [0.29, 0.717) is 13.1 Å². The highest BCUT2D eigenvalue weighted by Crippen LogP contribution is 2.31. The van der Waals surface area contributed by atoms with Crippen molar-refractivity contribution in [1.82, 2.24) is 9.88 Å². The smallest absolute Gasteiger partial charge is 0.226 e. The third-order valence-electron chi connectivity index (χ3n) is 4.66. The van der Waals surface area contributed by atoms with Gasteiger partial charge in [0, 0.05) is 42.1 Å². The molecule has 3 rings (SSSR count). The summed E-state index contributed by atoms with van der Waals surface area (Å²) < 4.78 is 0.956. The Balaban J connectivity index is 1.65. The average Bonchev–Trinajstić information content (AvgIpc) is 2.94. The summed E-state index contributed by atoms with van der Waals surface area (Å²) in [7, 11) is 0. The van der Waals surface area contributed by atoms with Crippen molar-refractivity contribution >= 4 is 45.2 Å². The molecule has 2 atom stereocenters. The number of anilines is 1. The van der Waals surface area contributed by atoms with Crippen LogP contribution >= 0.6 is 27.7 Å². The lowest BCUT2D eigenvalue weighted by Crippen LogP contribution is -2.29. The predicted octanol–water partition coefficient (Wildman–Crippen LogP) is 3.81. The van der Waals surface area contributed by atoms with Crippen LogP contribution in [0.4, 0.5) is 5.69 Å². The van der Waals surface area contributed by atoms with E-state index in [9.17, 15) is 9.59 Å². The van der Waals surface area contributed by atoms with Crippen molar-refractivity contribution in [3.05, 3.63) is 58.8 Å². The molecule has 1 saturated heterocycles. The Morgan fingerprint density at radius 1 is 1.33 bits per heavy atom. The van der Waals surface area contributed by atoms with E-state index < -0.39 is 0 Å². The first-order chi connectivity index (χ1) is 13.1. The summed E-state index contributed by atoms with van der Waals surface area (Å²) in [5.74, 6) is 0.712. The first-order valence-electron chi connectivity index (χ1n) is 8.79. The molecule has 1 aliphatic heterocycles. The van der Waals surface area contributed by atoms with Gasteiger partial charge in [0.25, 0.3) is 0 Å². The first-order valence-corrected chi connectivity index (χ1v) is 11.0. The lowest BCUT2D eigenvalue weighted by Gasteiger charge is -2.16. The number of thioether (sulfide) groups is 1. The number of amides is 2. The molecule has 7 heteroatoms. The molecule has 0 spiro atoms. The fourth-order valence-electron chi connectivity index (χ4n) is 3.37. The molecular formula is C20H22BrN3O2S. The molecule has 0 aliphatic carbocycles. The number of carbonyl (C=O) groups is 2. The number of likely N-dealkylation sites (tertiary alicyclic amines) is 1. The number of aromatic nitrogens is 1. The molecule has 5 nitrogen and oxygen atoms in total. The highest BCUT2D eigenvalue weighted by Gasteiger charge is 2.40. The molecule has 0 unspecified atom stereocenters. The van der Waals surface area contributed by atoms with Crippen molar-refractivity contribution in [2.24, 2.45) is 11.8 Å². The number of rotatable bonds is 7. The molecule has 0 saturated carbocycles. The molecule has 2 aromatic rings. The second-order valence-electron chi connectivity index (χ2n) is 6.66. The van der Waals surface area contributed by atoms with Crippen molar-refractivity contribution in [3.8, 4) is 0 Å². The maximum atomic E-state index is 12.9. The van der Waals surface area contributed by atoms with Crippen LogP contribution in [-0.4, -0.2) is 40.3 Å². The maximum absolute atomic E-state index is 12.9. The average molecular weight is 448 g/mol. The van der Waals surface area contributed by atoms with Crippen LogP contribution in [0.25, 0.3) is 0 Å². The molecule has 2 heterocycles. The van der Waals surface area contributed by atoms with Crippen LogP contribution in [0, 0.1) is 11.8 Å². The van der Waals surface area contributed by atoms with E-state index in [4.69, 9.17) is 0 Å². The topological polar surface area (TPSA) is 62.3 Å². The molecule has 27 heavy (non-hydrogen) atoms. The number of halogens is 1. The minimum absolute atomic E-state index is 0.0591. The zero-order valence-corrected chi connectivity index (χ0v) is 17.5. The Morgan fingerprint density at radius 2 is 2.11 bits per heavy atom. The van der Waals surface area contributed by atoms with E-state index in [1.54, 1.807) is 24.2 Å². The van der Waals surface area contributed by atoms with Crippen molar-refractivity contribution in [2.45, 2.75) is 13.0 Å². The molecule has 1 aromatic carbocycles. The second kappa shape index (κ2) is 9.37. The molecular weight excluding hydrogens is 426 g/mol. The lowest BCUT2D eigenvalue weighted by molar-refractivity contribution is -0.133. The molecule has 2 amide bonds. The minimum Gasteiger partial charge on any atom is -0.338 e. The van der Waals surface area contributed by atoms with E-state index in [2.05, 4.69) is 26.2 Å². The van der Waals surface area contributed by atoms with E-state index in [1.807, 2.05) is 47.6 Å². The third-order valence-corrected chi connectivity index (χ3v) is 5.95. The zero-order chi connectivity index (χ0) is 19.2. The predicted molar refractivity (Wildman–Crippen MR) is 112 cm³/mol. The number of hydrogen-bond acceptors (Lipinski definition) is 4. The number of carbonyl (C=O) groups excluding carboxylic acids is 2. The number of benzene rings is 1. The quantitative estimate of drug-likeness (QED) is 0.700. The van der Waals surface area contributed by atoms with Gasteiger partial charge in [0.15, 0.2) is 0 Å². The van der Waals surface area contributed by atoms with Gasteiger partial charge in [-0.15, -0.1) is 0 Å². The van der Waals surface area contributed by atoms with Gasteiger partial charge in [0.2, 0.25) is 11.8 Å². The van der Waals surface area contributed by atoms with Gasteiger partial charge in [-0.2, -0.15) is 11.8 Å². The lowest BCUT2D eigenvalue weighted by atomic mass is 9.93. The number of nitrogens with one attached hydrogen (secondary N) is 1. The standard InChI is InChI=1S/C20H22BrN3O2S/c1-27-13-15-12-24(11-14-3-2-8-22-10-14)20(26)18(15)9-19(25)23-17-6-4-16(21)5-7-17/h2-8,10,15,18H,9,11-13H2,1H3,(H,23,25)/t15-,18-/m1/s1. The van der Waals surface area contributed by atoms with Gasteiger partial charge in [0.05, 0.1) is 5.92 Å². The van der Waals surface area contributed by atoms with E-state index in [-0.39, 0.29) is 30.1 Å². The van der Waals surface area contributed by atoms with Crippen molar-refractivity contribution in [1.29, 1.82) is 0 Å². The van der Waals surface area contributed by atoms with E-state index in [0.717, 1.165) is 21.5 Å². The molecule has 1 aliphatic rings. The Hall–Kier alpha value is -1.86. The van der Waals surface area contributed by atoms with Crippen molar-refractivity contribution in [2.75, 3.05) is 23.9 Å². The van der Waals surface area contributed by atoms with Crippen LogP contribution < -0.4 is 5.32 Å².